The summed E-state index contributed by atoms with van der Waals surface area (Å²) in [5, 5.41) is 17.2. The molecule has 13 rings (SSSR count). The van der Waals surface area contributed by atoms with Crippen molar-refractivity contribution in [1.29, 1.82) is 0 Å². The lowest BCUT2D eigenvalue weighted by atomic mass is 9.87. The highest BCUT2D eigenvalue weighted by Gasteiger charge is 2.20. The van der Waals surface area contributed by atoms with Crippen LogP contribution in [0.15, 0.2) is 194 Å². The molecule has 0 aliphatic rings. The van der Waals surface area contributed by atoms with Crippen LogP contribution in [0.5, 0.6) is 0 Å². The van der Waals surface area contributed by atoms with Crippen molar-refractivity contribution in [3.05, 3.63) is 194 Å². The molecular formula is C55H32N4. The first-order valence-electron chi connectivity index (χ1n) is 20.1. The number of rotatable bonds is 4. The van der Waals surface area contributed by atoms with Crippen LogP contribution in [0.4, 0.5) is 0 Å². The van der Waals surface area contributed by atoms with E-state index in [1.54, 1.807) is 0 Å². The van der Waals surface area contributed by atoms with Crippen LogP contribution in [-0.4, -0.2) is 19.5 Å². The van der Waals surface area contributed by atoms with E-state index in [-0.39, 0.29) is 0 Å². The molecule has 4 heteroatoms. The Morgan fingerprint density at radius 1 is 0.271 bits per heavy atom. The minimum absolute atomic E-state index is 0.630. The lowest BCUT2D eigenvalue weighted by Crippen LogP contribution is -2.01. The molecule has 0 saturated heterocycles. The van der Waals surface area contributed by atoms with E-state index in [1.165, 1.54) is 70.0 Å². The third-order valence-corrected chi connectivity index (χ3v) is 12.3. The van der Waals surface area contributed by atoms with Gasteiger partial charge in [-0.25, -0.2) is 15.0 Å². The van der Waals surface area contributed by atoms with Gasteiger partial charge in [0, 0.05) is 33.2 Å². The maximum Gasteiger partial charge on any atom is 0.164 e. The van der Waals surface area contributed by atoms with Gasteiger partial charge in [-0.2, -0.15) is 0 Å². The first-order chi connectivity index (χ1) is 29.2. The third-order valence-electron chi connectivity index (χ3n) is 12.3. The number of hydrogen-bond donors (Lipinski definition) is 0. The predicted octanol–water partition coefficient (Wildman–Crippen LogP) is 14.3. The highest BCUT2D eigenvalue weighted by atomic mass is 15.0. The number of nitrogens with zero attached hydrogens (tertiary/aromatic N) is 4. The molecule has 0 fully saturated rings. The lowest BCUT2D eigenvalue weighted by Gasteiger charge is -2.17. The van der Waals surface area contributed by atoms with Gasteiger partial charge in [0.2, 0.25) is 0 Å². The zero-order valence-corrected chi connectivity index (χ0v) is 31.8. The molecule has 0 unspecified atom stereocenters. The molecule has 2 aromatic heterocycles. The van der Waals surface area contributed by atoms with E-state index in [1.807, 2.05) is 18.2 Å². The van der Waals surface area contributed by atoms with Gasteiger partial charge >= 0.3 is 0 Å². The summed E-state index contributed by atoms with van der Waals surface area (Å²) in [6.07, 6.45) is 0. The summed E-state index contributed by atoms with van der Waals surface area (Å²) in [5.74, 6) is 1.90. The van der Waals surface area contributed by atoms with E-state index in [4.69, 9.17) is 15.0 Å². The Morgan fingerprint density at radius 3 is 1.42 bits per heavy atom. The largest absolute Gasteiger partial charge is 0.309 e. The van der Waals surface area contributed by atoms with E-state index >= 15 is 0 Å². The van der Waals surface area contributed by atoms with Gasteiger partial charge in [-0.05, 0) is 101 Å². The molecule has 0 aliphatic carbocycles. The van der Waals surface area contributed by atoms with Gasteiger partial charge in [-0.15, -0.1) is 0 Å². The van der Waals surface area contributed by atoms with E-state index in [0.29, 0.717) is 17.5 Å². The van der Waals surface area contributed by atoms with Gasteiger partial charge in [0.1, 0.15) is 0 Å². The minimum atomic E-state index is 0.630. The number of fused-ring (bicyclic) bond motifs is 5. The fourth-order valence-corrected chi connectivity index (χ4v) is 9.73. The predicted molar refractivity (Wildman–Crippen MR) is 247 cm³/mol. The van der Waals surface area contributed by atoms with E-state index < -0.39 is 0 Å². The average molecular weight is 749 g/mol. The van der Waals surface area contributed by atoms with Gasteiger partial charge in [-0.3, -0.25) is 0 Å². The Balaban J connectivity index is 1.12. The van der Waals surface area contributed by atoms with Crippen molar-refractivity contribution in [2.24, 2.45) is 0 Å². The first kappa shape index (κ1) is 32.2. The monoisotopic (exact) mass is 748 g/mol. The van der Waals surface area contributed by atoms with Gasteiger partial charge in [0.15, 0.2) is 17.5 Å². The average Bonchev–Trinajstić information content (AvgIpc) is 3.64. The Bertz CT molecular complexity index is 3820. The standard InChI is InChI=1S/C55H32N4/c1-3-12-36(13-4-1)53-56-54(38-28-29-42-41-19-7-8-23-47(41)59(48(42)32-38)40-17-5-2-6-18-40)58-55(57-53)39-30-37-27-26-35-15-10-21-44-43-20-9-14-33-24-25-34-16-11-22-45(51(34)49(33)43)46(31-39)52(37)50(35)44/h1-32H. The maximum absolute atomic E-state index is 5.36. The molecule has 0 saturated carbocycles. The molecule has 13 aromatic rings. The Labute approximate surface area is 338 Å². The maximum atomic E-state index is 5.36. The lowest BCUT2D eigenvalue weighted by molar-refractivity contribution is 1.07. The summed E-state index contributed by atoms with van der Waals surface area (Å²) in [6, 6.07) is 69.9. The summed E-state index contributed by atoms with van der Waals surface area (Å²) >= 11 is 0. The zero-order valence-electron chi connectivity index (χ0n) is 31.8. The quantitative estimate of drug-likeness (QED) is 0.168. The van der Waals surface area contributed by atoms with Gasteiger partial charge in [0.05, 0.1) is 11.0 Å². The van der Waals surface area contributed by atoms with Gasteiger partial charge in [-0.1, -0.05) is 158 Å². The Kier molecular flexibility index (Phi) is 6.69. The number of aromatic nitrogens is 4. The van der Waals surface area contributed by atoms with Crippen molar-refractivity contribution in [3.63, 3.8) is 0 Å². The third kappa shape index (κ3) is 4.75. The molecule has 272 valence electrons. The highest BCUT2D eigenvalue weighted by molar-refractivity contribution is 6.37. The van der Waals surface area contributed by atoms with Crippen molar-refractivity contribution in [2.45, 2.75) is 0 Å². The molecule has 0 amide bonds. The summed E-state index contributed by atoms with van der Waals surface area (Å²) in [4.78, 5) is 15.8. The SMILES string of the molecule is c1ccc(-c2nc(-c3cc4ccc5cccc6c7cccc8ccc9cccc(c(c3)c4c56)c9c87)nc(-c3ccc4c5ccccc5n(-c5ccccc5)c4c3)n2)cc1. The second-order valence-corrected chi connectivity index (χ2v) is 15.6. The fourth-order valence-electron chi connectivity index (χ4n) is 9.73. The van der Waals surface area contributed by atoms with Crippen LogP contribution in [0.2, 0.25) is 0 Å². The zero-order chi connectivity index (χ0) is 38.6. The van der Waals surface area contributed by atoms with E-state index in [9.17, 15) is 0 Å². The second-order valence-electron chi connectivity index (χ2n) is 15.6. The molecular weight excluding hydrogens is 717 g/mol. The molecule has 11 aromatic carbocycles. The molecule has 2 heterocycles. The van der Waals surface area contributed by atoms with Crippen LogP contribution in [0, 0.1) is 0 Å². The molecule has 0 radical (unpaired) electrons. The van der Waals surface area contributed by atoms with E-state index in [2.05, 4.69) is 180 Å². The van der Waals surface area contributed by atoms with Crippen molar-refractivity contribution in [3.8, 4) is 39.9 Å². The van der Waals surface area contributed by atoms with Gasteiger partial charge < -0.3 is 4.57 Å². The molecule has 59 heavy (non-hydrogen) atoms. The van der Waals surface area contributed by atoms with Crippen LogP contribution in [-0.2, 0) is 0 Å². The van der Waals surface area contributed by atoms with Crippen LogP contribution < -0.4 is 0 Å². The van der Waals surface area contributed by atoms with E-state index in [0.717, 1.165) is 38.8 Å². The molecule has 4 nitrogen and oxygen atoms in total. The smallest absolute Gasteiger partial charge is 0.164 e. The van der Waals surface area contributed by atoms with Crippen LogP contribution in [0.25, 0.3) is 126 Å². The number of benzene rings is 10. The number of para-hydroxylation sites is 2. The molecule has 0 bridgehead atoms. The normalized spacial score (nSPS) is 12.1. The molecule has 0 spiro atoms. The van der Waals surface area contributed by atoms with Crippen molar-refractivity contribution in [2.75, 3.05) is 0 Å². The van der Waals surface area contributed by atoms with Crippen molar-refractivity contribution >= 4 is 86.4 Å². The van der Waals surface area contributed by atoms with Crippen LogP contribution in [0.1, 0.15) is 0 Å². The summed E-state index contributed by atoms with van der Waals surface area (Å²) in [7, 11) is 0. The first-order valence-corrected chi connectivity index (χ1v) is 20.1. The fraction of sp³-hybridized carbons (Fsp3) is 0. The van der Waals surface area contributed by atoms with Crippen molar-refractivity contribution in [1.82, 2.24) is 19.5 Å². The molecule has 0 aliphatic heterocycles. The Morgan fingerprint density at radius 2 is 0.763 bits per heavy atom. The Hall–Kier alpha value is -7.95. The van der Waals surface area contributed by atoms with Crippen LogP contribution >= 0.6 is 0 Å². The summed E-state index contributed by atoms with van der Waals surface area (Å²) in [6.45, 7) is 0. The number of hydrogen-bond acceptors (Lipinski definition) is 3. The van der Waals surface area contributed by atoms with Crippen molar-refractivity contribution < 1.29 is 0 Å². The topological polar surface area (TPSA) is 43.6 Å². The summed E-state index contributed by atoms with van der Waals surface area (Å²) in [5.41, 5.74) is 6.19. The van der Waals surface area contributed by atoms with Crippen LogP contribution in [0.3, 0.4) is 0 Å². The summed E-state index contributed by atoms with van der Waals surface area (Å²) < 4.78 is 2.34. The molecule has 0 N–H and O–H groups in total. The van der Waals surface area contributed by atoms with Gasteiger partial charge in [0.25, 0.3) is 0 Å². The second kappa shape index (κ2) is 12.3. The molecule has 0 atom stereocenters. The minimum Gasteiger partial charge on any atom is -0.309 e. The highest BCUT2D eigenvalue weighted by Crippen LogP contribution is 2.44.